The fourth-order valence-electron chi connectivity index (χ4n) is 2.41. The van der Waals surface area contributed by atoms with Crippen LogP contribution in [0.3, 0.4) is 0 Å². The molecule has 0 unspecified atom stereocenters. The Hall–Kier alpha value is -1.82. The fourth-order valence-corrected chi connectivity index (χ4v) is 2.63. The van der Waals surface area contributed by atoms with E-state index >= 15 is 0 Å². The Morgan fingerprint density at radius 3 is 2.76 bits per heavy atom. The van der Waals surface area contributed by atoms with Crippen molar-refractivity contribution in [3.63, 3.8) is 0 Å². The minimum absolute atomic E-state index is 0.144. The summed E-state index contributed by atoms with van der Waals surface area (Å²) in [5.41, 5.74) is 2.18. The Morgan fingerprint density at radius 1 is 1.48 bits per heavy atom. The van der Waals surface area contributed by atoms with Crippen molar-refractivity contribution < 1.29 is 0 Å². The molecule has 1 N–H and O–H groups in total. The largest absolute Gasteiger partial charge is 0.381 e. The van der Waals surface area contributed by atoms with Crippen LogP contribution in [0, 0.1) is 6.92 Å². The van der Waals surface area contributed by atoms with Crippen molar-refractivity contribution >= 4 is 17.3 Å². The van der Waals surface area contributed by atoms with Gasteiger partial charge < -0.3 is 5.32 Å². The van der Waals surface area contributed by atoms with Crippen molar-refractivity contribution in [2.75, 3.05) is 5.32 Å². The van der Waals surface area contributed by atoms with E-state index in [2.05, 4.69) is 15.5 Å². The molecule has 0 radical (unpaired) electrons. The Morgan fingerprint density at radius 2 is 2.24 bits per heavy atom. The maximum atomic E-state index is 12.1. The second-order valence-corrected chi connectivity index (χ2v) is 5.86. The number of nitrogens with zero attached hydrogens (tertiary/aromatic N) is 4. The van der Waals surface area contributed by atoms with Crippen LogP contribution in [-0.4, -0.2) is 25.6 Å². The van der Waals surface area contributed by atoms with Crippen molar-refractivity contribution in [1.29, 1.82) is 0 Å². The highest BCUT2D eigenvalue weighted by Gasteiger charge is 2.17. The molecule has 2 aromatic rings. The van der Waals surface area contributed by atoms with E-state index in [4.69, 9.17) is 11.6 Å². The van der Waals surface area contributed by atoms with Crippen LogP contribution in [0.2, 0.25) is 5.02 Å². The van der Waals surface area contributed by atoms with Crippen molar-refractivity contribution in [2.24, 2.45) is 7.05 Å². The number of nitrogens with one attached hydrogen (secondary N) is 1. The number of aryl methyl sites for hydroxylation is 2. The lowest BCUT2D eigenvalue weighted by Gasteiger charge is -2.27. The van der Waals surface area contributed by atoms with Gasteiger partial charge in [-0.2, -0.15) is 10.2 Å². The zero-order chi connectivity index (χ0) is 15.0. The van der Waals surface area contributed by atoms with Crippen LogP contribution in [0.1, 0.15) is 30.7 Å². The van der Waals surface area contributed by atoms with Gasteiger partial charge in [-0.1, -0.05) is 11.6 Å². The number of halogens is 1. The zero-order valence-corrected chi connectivity index (χ0v) is 12.9. The molecule has 7 heteroatoms. The van der Waals surface area contributed by atoms with Crippen LogP contribution in [0.4, 0.5) is 5.69 Å². The molecule has 112 valence electrons. The molecule has 1 aliphatic rings. The van der Waals surface area contributed by atoms with E-state index < -0.39 is 0 Å². The van der Waals surface area contributed by atoms with Gasteiger partial charge in [-0.25, -0.2) is 4.68 Å². The molecular weight excluding hydrogens is 290 g/mol. The molecule has 0 saturated heterocycles. The first-order valence-corrected chi connectivity index (χ1v) is 7.44. The molecule has 0 amide bonds. The van der Waals surface area contributed by atoms with Gasteiger partial charge in [0.25, 0.3) is 5.56 Å². The number of aromatic nitrogens is 4. The monoisotopic (exact) mass is 307 g/mol. The predicted molar refractivity (Wildman–Crippen MR) is 81.8 cm³/mol. The third kappa shape index (κ3) is 2.81. The third-order valence-electron chi connectivity index (χ3n) is 3.91. The van der Waals surface area contributed by atoms with E-state index in [1.54, 1.807) is 16.9 Å². The van der Waals surface area contributed by atoms with Gasteiger partial charge in [-0.05, 0) is 26.2 Å². The maximum absolute atomic E-state index is 12.1. The molecule has 0 aliphatic heterocycles. The second-order valence-electron chi connectivity index (χ2n) is 5.48. The molecular formula is C14H18ClN5O. The van der Waals surface area contributed by atoms with E-state index in [1.165, 1.54) is 11.1 Å². The Bertz CT molecular complexity index is 717. The molecule has 0 bridgehead atoms. The quantitative estimate of drug-likeness (QED) is 0.937. The van der Waals surface area contributed by atoms with Gasteiger partial charge in [0.15, 0.2) is 0 Å². The van der Waals surface area contributed by atoms with Crippen LogP contribution >= 0.6 is 11.6 Å². The van der Waals surface area contributed by atoms with E-state index in [-0.39, 0.29) is 5.56 Å². The third-order valence-corrected chi connectivity index (χ3v) is 4.40. The molecule has 2 aromatic heterocycles. The highest BCUT2D eigenvalue weighted by molar-refractivity contribution is 6.31. The van der Waals surface area contributed by atoms with Crippen LogP contribution in [0.25, 0.3) is 0 Å². The Balaban J connectivity index is 1.80. The number of hydrogen-bond donors (Lipinski definition) is 1. The van der Waals surface area contributed by atoms with Crippen LogP contribution < -0.4 is 10.9 Å². The van der Waals surface area contributed by atoms with Gasteiger partial charge in [-0.15, -0.1) is 0 Å². The van der Waals surface area contributed by atoms with Gasteiger partial charge >= 0.3 is 0 Å². The van der Waals surface area contributed by atoms with Crippen LogP contribution in [-0.2, 0) is 13.6 Å². The topological polar surface area (TPSA) is 64.7 Å². The van der Waals surface area contributed by atoms with Crippen molar-refractivity contribution in [2.45, 2.75) is 38.8 Å². The van der Waals surface area contributed by atoms with E-state index in [1.807, 2.05) is 14.0 Å². The van der Waals surface area contributed by atoms with Crippen LogP contribution in [0.5, 0.6) is 0 Å². The summed E-state index contributed by atoms with van der Waals surface area (Å²) in [6.07, 6.45) is 5.26. The second kappa shape index (κ2) is 5.52. The van der Waals surface area contributed by atoms with E-state index in [9.17, 15) is 4.79 Å². The summed E-state index contributed by atoms with van der Waals surface area (Å²) in [5.74, 6) is 0. The lowest BCUT2D eigenvalue weighted by molar-refractivity contribution is 0.445. The summed E-state index contributed by atoms with van der Waals surface area (Å²) < 4.78 is 3.08. The van der Waals surface area contributed by atoms with Gasteiger partial charge in [0.05, 0.1) is 34.8 Å². The molecule has 6 nitrogen and oxygen atoms in total. The van der Waals surface area contributed by atoms with Crippen molar-refractivity contribution in [3.05, 3.63) is 39.0 Å². The summed E-state index contributed by atoms with van der Waals surface area (Å²) in [5, 5.41) is 12.4. The maximum Gasteiger partial charge on any atom is 0.269 e. The number of rotatable bonds is 4. The number of anilines is 1. The molecule has 1 fully saturated rings. The first-order chi connectivity index (χ1) is 10.0. The minimum Gasteiger partial charge on any atom is -0.381 e. The van der Waals surface area contributed by atoms with Crippen molar-refractivity contribution in [3.8, 4) is 0 Å². The van der Waals surface area contributed by atoms with Gasteiger partial charge in [0.1, 0.15) is 0 Å². The van der Waals surface area contributed by atoms with Crippen molar-refractivity contribution in [1.82, 2.24) is 19.6 Å². The molecule has 0 atom stereocenters. The summed E-state index contributed by atoms with van der Waals surface area (Å²) in [6.45, 7) is 2.16. The first kappa shape index (κ1) is 14.1. The van der Waals surface area contributed by atoms with Gasteiger partial charge in [0.2, 0.25) is 0 Å². The molecule has 3 rings (SSSR count). The lowest BCUT2D eigenvalue weighted by Crippen LogP contribution is -2.29. The van der Waals surface area contributed by atoms with Gasteiger partial charge in [-0.3, -0.25) is 9.48 Å². The first-order valence-electron chi connectivity index (χ1n) is 7.06. The Kier molecular flexibility index (Phi) is 3.71. The molecule has 0 aromatic carbocycles. The molecule has 0 spiro atoms. The highest BCUT2D eigenvalue weighted by Crippen LogP contribution is 2.22. The van der Waals surface area contributed by atoms with Gasteiger partial charge in [0, 0.05) is 19.2 Å². The van der Waals surface area contributed by atoms with Crippen LogP contribution in [0.15, 0.2) is 17.1 Å². The number of hydrogen-bond acceptors (Lipinski definition) is 4. The molecule has 21 heavy (non-hydrogen) atoms. The molecule has 1 saturated carbocycles. The normalized spacial score (nSPS) is 15.0. The Labute approximate surface area is 127 Å². The average molecular weight is 308 g/mol. The summed E-state index contributed by atoms with van der Waals surface area (Å²) >= 11 is 6.20. The SMILES string of the molecule is Cc1nn(C)c(Cn2ncc(NC3CCC3)cc2=O)c1Cl. The zero-order valence-electron chi connectivity index (χ0n) is 12.1. The fraction of sp³-hybridized carbons (Fsp3) is 0.500. The predicted octanol–water partition coefficient (Wildman–Crippen LogP) is 1.95. The summed E-state index contributed by atoms with van der Waals surface area (Å²) in [4.78, 5) is 12.1. The minimum atomic E-state index is -0.144. The molecule has 1 aliphatic carbocycles. The highest BCUT2D eigenvalue weighted by atomic mass is 35.5. The lowest BCUT2D eigenvalue weighted by atomic mass is 9.93. The summed E-state index contributed by atoms with van der Waals surface area (Å²) in [6, 6.07) is 2.07. The molecule has 2 heterocycles. The standard InChI is InChI=1S/C14H18ClN5O/c1-9-14(15)12(19(2)18-9)8-20-13(21)6-11(7-16-20)17-10-4-3-5-10/h6-7,10,17H,3-5,8H2,1-2H3. The smallest absolute Gasteiger partial charge is 0.269 e. The average Bonchev–Trinajstić information content (AvgIpc) is 2.63. The summed E-state index contributed by atoms with van der Waals surface area (Å²) in [7, 11) is 1.81. The van der Waals surface area contributed by atoms with E-state index in [0.29, 0.717) is 17.6 Å². The van der Waals surface area contributed by atoms with E-state index in [0.717, 1.165) is 29.9 Å².